The van der Waals surface area contributed by atoms with Crippen molar-refractivity contribution < 1.29 is 4.79 Å². The molecule has 19 heavy (non-hydrogen) atoms. The molecule has 0 aromatic heterocycles. The molecule has 0 spiro atoms. The van der Waals surface area contributed by atoms with Crippen LogP contribution in [0.4, 0.5) is 11.4 Å². The molecule has 0 atom stereocenters. The van der Waals surface area contributed by atoms with Gasteiger partial charge in [-0.05, 0) is 49.2 Å². The molecule has 2 aromatic rings. The van der Waals surface area contributed by atoms with Crippen LogP contribution in [0.5, 0.6) is 0 Å². The Morgan fingerprint density at radius 3 is 2.32 bits per heavy atom. The van der Waals surface area contributed by atoms with E-state index in [1.165, 1.54) is 0 Å². The highest BCUT2D eigenvalue weighted by molar-refractivity contribution is 6.30. The van der Waals surface area contributed by atoms with Crippen molar-refractivity contribution in [3.63, 3.8) is 0 Å². The fraction of sp³-hybridized carbons (Fsp3) is 0.133. The maximum Gasteiger partial charge on any atom is 0.257 e. The summed E-state index contributed by atoms with van der Waals surface area (Å²) < 4.78 is 0. The SMILES string of the molecule is Cc1cc(Cl)cc(C)c1NC(=O)c1ccccc1N. The molecule has 2 aromatic carbocycles. The fourth-order valence-corrected chi connectivity index (χ4v) is 2.32. The lowest BCUT2D eigenvalue weighted by atomic mass is 10.1. The zero-order chi connectivity index (χ0) is 14.0. The van der Waals surface area contributed by atoms with Crippen molar-refractivity contribution in [1.82, 2.24) is 0 Å². The molecule has 0 saturated heterocycles. The molecule has 0 aliphatic heterocycles. The average Bonchev–Trinajstić information content (AvgIpc) is 2.34. The molecule has 0 heterocycles. The smallest absolute Gasteiger partial charge is 0.257 e. The average molecular weight is 275 g/mol. The Hall–Kier alpha value is -2.00. The van der Waals surface area contributed by atoms with Gasteiger partial charge in [0.05, 0.1) is 5.56 Å². The zero-order valence-corrected chi connectivity index (χ0v) is 11.6. The van der Waals surface area contributed by atoms with Crippen molar-refractivity contribution in [3.05, 3.63) is 58.1 Å². The molecule has 4 heteroatoms. The van der Waals surface area contributed by atoms with Crippen LogP contribution in [0.3, 0.4) is 0 Å². The number of hydrogen-bond donors (Lipinski definition) is 2. The summed E-state index contributed by atoms with van der Waals surface area (Å²) in [5.41, 5.74) is 9.35. The monoisotopic (exact) mass is 274 g/mol. The van der Waals surface area contributed by atoms with Gasteiger partial charge in [0.2, 0.25) is 0 Å². The molecule has 0 bridgehead atoms. The predicted octanol–water partition coefficient (Wildman–Crippen LogP) is 3.79. The van der Waals surface area contributed by atoms with Gasteiger partial charge in [-0.1, -0.05) is 23.7 Å². The van der Waals surface area contributed by atoms with Crippen LogP contribution in [0.2, 0.25) is 5.02 Å². The maximum absolute atomic E-state index is 12.2. The van der Waals surface area contributed by atoms with Crippen molar-refractivity contribution in [2.24, 2.45) is 0 Å². The largest absolute Gasteiger partial charge is 0.398 e. The highest BCUT2D eigenvalue weighted by Crippen LogP contribution is 2.25. The molecule has 0 aliphatic rings. The van der Waals surface area contributed by atoms with Crippen molar-refractivity contribution in [2.45, 2.75) is 13.8 Å². The number of carbonyl (C=O) groups excluding carboxylic acids is 1. The van der Waals surface area contributed by atoms with Crippen LogP contribution in [0.25, 0.3) is 0 Å². The van der Waals surface area contributed by atoms with E-state index in [-0.39, 0.29) is 5.91 Å². The van der Waals surface area contributed by atoms with E-state index in [4.69, 9.17) is 17.3 Å². The number of benzene rings is 2. The third-order valence-electron chi connectivity index (χ3n) is 2.94. The molecule has 0 radical (unpaired) electrons. The Kier molecular flexibility index (Phi) is 3.76. The van der Waals surface area contributed by atoms with E-state index >= 15 is 0 Å². The summed E-state index contributed by atoms with van der Waals surface area (Å²) in [5.74, 6) is -0.216. The van der Waals surface area contributed by atoms with Crippen LogP contribution in [-0.2, 0) is 0 Å². The molecule has 3 N–H and O–H groups in total. The summed E-state index contributed by atoms with van der Waals surface area (Å²) in [5, 5.41) is 3.54. The number of nitrogens with one attached hydrogen (secondary N) is 1. The van der Waals surface area contributed by atoms with Crippen LogP contribution in [0.1, 0.15) is 21.5 Å². The molecule has 3 nitrogen and oxygen atoms in total. The molecule has 98 valence electrons. The number of nitrogens with two attached hydrogens (primary N) is 1. The van der Waals surface area contributed by atoms with Gasteiger partial charge in [0, 0.05) is 16.4 Å². The van der Waals surface area contributed by atoms with E-state index < -0.39 is 0 Å². The Labute approximate surface area is 117 Å². The van der Waals surface area contributed by atoms with Gasteiger partial charge in [0.1, 0.15) is 0 Å². The lowest BCUT2D eigenvalue weighted by Crippen LogP contribution is -2.15. The Morgan fingerprint density at radius 2 is 1.74 bits per heavy atom. The molecular weight excluding hydrogens is 260 g/mol. The van der Waals surface area contributed by atoms with Gasteiger partial charge in [-0.3, -0.25) is 4.79 Å². The minimum atomic E-state index is -0.216. The van der Waals surface area contributed by atoms with Gasteiger partial charge in [0.15, 0.2) is 0 Å². The summed E-state index contributed by atoms with van der Waals surface area (Å²) in [6.45, 7) is 3.81. The lowest BCUT2D eigenvalue weighted by Gasteiger charge is -2.13. The van der Waals surface area contributed by atoms with E-state index in [2.05, 4.69) is 5.32 Å². The zero-order valence-electron chi connectivity index (χ0n) is 10.8. The number of nitrogen functional groups attached to an aromatic ring is 1. The standard InChI is InChI=1S/C15H15ClN2O/c1-9-7-11(16)8-10(2)14(9)18-15(19)12-5-3-4-6-13(12)17/h3-8H,17H2,1-2H3,(H,18,19). The van der Waals surface area contributed by atoms with Gasteiger partial charge >= 0.3 is 0 Å². The van der Waals surface area contributed by atoms with Crippen molar-refractivity contribution in [1.29, 1.82) is 0 Å². The second-order valence-electron chi connectivity index (χ2n) is 4.46. The first-order valence-corrected chi connectivity index (χ1v) is 6.29. The second-order valence-corrected chi connectivity index (χ2v) is 4.89. The van der Waals surface area contributed by atoms with Gasteiger partial charge in [0.25, 0.3) is 5.91 Å². The summed E-state index contributed by atoms with van der Waals surface area (Å²) in [7, 11) is 0. The first kappa shape index (κ1) is 13.4. The highest BCUT2D eigenvalue weighted by Gasteiger charge is 2.12. The normalized spacial score (nSPS) is 10.3. The third-order valence-corrected chi connectivity index (χ3v) is 3.16. The lowest BCUT2D eigenvalue weighted by molar-refractivity contribution is 0.102. The Morgan fingerprint density at radius 1 is 1.16 bits per heavy atom. The first-order valence-electron chi connectivity index (χ1n) is 5.91. The maximum atomic E-state index is 12.2. The summed E-state index contributed by atoms with van der Waals surface area (Å²) >= 11 is 5.97. The van der Waals surface area contributed by atoms with Crippen molar-refractivity contribution in [2.75, 3.05) is 11.1 Å². The van der Waals surface area contributed by atoms with Crippen LogP contribution in [-0.4, -0.2) is 5.91 Å². The summed E-state index contributed by atoms with van der Waals surface area (Å²) in [6, 6.07) is 10.6. The first-order chi connectivity index (χ1) is 8.99. The highest BCUT2D eigenvalue weighted by atomic mass is 35.5. The van der Waals surface area contributed by atoms with E-state index in [1.54, 1.807) is 24.3 Å². The molecule has 0 unspecified atom stereocenters. The van der Waals surface area contributed by atoms with Gasteiger partial charge < -0.3 is 11.1 Å². The number of anilines is 2. The number of halogens is 1. The minimum Gasteiger partial charge on any atom is -0.398 e. The second kappa shape index (κ2) is 5.33. The Bertz CT molecular complexity index is 615. The van der Waals surface area contributed by atoms with Crippen molar-refractivity contribution >= 4 is 28.9 Å². The van der Waals surface area contributed by atoms with E-state index in [0.717, 1.165) is 16.8 Å². The molecule has 0 saturated carbocycles. The van der Waals surface area contributed by atoms with Crippen LogP contribution in [0, 0.1) is 13.8 Å². The third kappa shape index (κ3) is 2.88. The number of para-hydroxylation sites is 1. The topological polar surface area (TPSA) is 55.1 Å². The summed E-state index contributed by atoms with van der Waals surface area (Å²) in [4.78, 5) is 12.2. The van der Waals surface area contributed by atoms with Gasteiger partial charge in [-0.2, -0.15) is 0 Å². The van der Waals surface area contributed by atoms with E-state index in [1.807, 2.05) is 26.0 Å². The minimum absolute atomic E-state index is 0.216. The molecule has 0 aliphatic carbocycles. The molecular formula is C15H15ClN2O. The van der Waals surface area contributed by atoms with Crippen molar-refractivity contribution in [3.8, 4) is 0 Å². The Balaban J connectivity index is 2.32. The predicted molar refractivity (Wildman–Crippen MR) is 79.7 cm³/mol. The number of hydrogen-bond acceptors (Lipinski definition) is 2. The number of amides is 1. The summed E-state index contributed by atoms with van der Waals surface area (Å²) in [6.07, 6.45) is 0. The molecule has 1 amide bonds. The number of aryl methyl sites for hydroxylation is 2. The van der Waals surface area contributed by atoms with Crippen LogP contribution < -0.4 is 11.1 Å². The molecule has 2 rings (SSSR count). The molecule has 0 fully saturated rings. The van der Waals surface area contributed by atoms with E-state index in [9.17, 15) is 4.79 Å². The van der Waals surface area contributed by atoms with Gasteiger partial charge in [-0.15, -0.1) is 0 Å². The van der Waals surface area contributed by atoms with Gasteiger partial charge in [-0.25, -0.2) is 0 Å². The number of rotatable bonds is 2. The van der Waals surface area contributed by atoms with Crippen LogP contribution >= 0.6 is 11.6 Å². The fourth-order valence-electron chi connectivity index (χ4n) is 1.99. The van der Waals surface area contributed by atoms with E-state index in [0.29, 0.717) is 16.3 Å². The van der Waals surface area contributed by atoms with Crippen LogP contribution in [0.15, 0.2) is 36.4 Å². The quantitative estimate of drug-likeness (QED) is 0.819. The number of carbonyl (C=O) groups is 1.